The van der Waals surface area contributed by atoms with Gasteiger partial charge in [0.25, 0.3) is 5.91 Å². The monoisotopic (exact) mass is 396 g/mol. The molecule has 144 valence electrons. The third kappa shape index (κ3) is 3.63. The van der Waals surface area contributed by atoms with Crippen molar-refractivity contribution in [1.29, 1.82) is 0 Å². The normalized spacial score (nSPS) is 22.6. The summed E-state index contributed by atoms with van der Waals surface area (Å²) in [4.78, 5) is 48.5. The van der Waals surface area contributed by atoms with Crippen molar-refractivity contribution in [3.8, 4) is 0 Å². The maximum Gasteiger partial charge on any atom is 0.352 e. The number of ether oxygens (including phenoxy) is 1. The number of aliphatic carboxylic acids is 1. The summed E-state index contributed by atoms with van der Waals surface area (Å²) in [5, 5.41) is 24.3. The van der Waals surface area contributed by atoms with Crippen molar-refractivity contribution in [3.63, 3.8) is 0 Å². The molecule has 1 fully saturated rings. The first-order chi connectivity index (χ1) is 12.8. The second-order valence-electron chi connectivity index (χ2n) is 5.91. The summed E-state index contributed by atoms with van der Waals surface area (Å²) in [5.74, 6) is -2.35. The van der Waals surface area contributed by atoms with Crippen molar-refractivity contribution < 1.29 is 29.0 Å². The fourth-order valence-corrected chi connectivity index (χ4v) is 4.36. The number of carbonyl (C=O) groups excluding carboxylic acids is 3. The molecule has 0 aromatic carbocycles. The second-order valence-corrected chi connectivity index (χ2v) is 7.02. The Kier molecular flexibility index (Phi) is 5.12. The predicted octanol–water partition coefficient (Wildman–Crippen LogP) is -1.57. The van der Waals surface area contributed by atoms with Gasteiger partial charge in [0.15, 0.2) is 5.82 Å². The fraction of sp³-hybridized carbons (Fsp3) is 0.500. The number of esters is 1. The number of nitrogens with zero attached hydrogens (tertiary/aromatic N) is 4. The molecule has 2 amide bonds. The van der Waals surface area contributed by atoms with E-state index >= 15 is 0 Å². The molecule has 2 aliphatic heterocycles. The Morgan fingerprint density at radius 1 is 1.48 bits per heavy atom. The summed E-state index contributed by atoms with van der Waals surface area (Å²) in [6.45, 7) is 2.77. The molecule has 3 heterocycles. The van der Waals surface area contributed by atoms with Crippen molar-refractivity contribution >= 4 is 35.5 Å². The zero-order valence-electron chi connectivity index (χ0n) is 14.3. The average molecular weight is 396 g/mol. The van der Waals surface area contributed by atoms with E-state index in [9.17, 15) is 24.3 Å². The van der Waals surface area contributed by atoms with Crippen LogP contribution in [0.25, 0.3) is 0 Å². The van der Waals surface area contributed by atoms with Gasteiger partial charge in [0.05, 0.1) is 6.42 Å². The minimum atomic E-state index is -1.29. The van der Waals surface area contributed by atoms with Crippen LogP contribution in [0.2, 0.25) is 0 Å². The van der Waals surface area contributed by atoms with E-state index in [-0.39, 0.29) is 23.7 Å². The number of carboxylic acids is 1. The zero-order valence-corrected chi connectivity index (χ0v) is 15.1. The second kappa shape index (κ2) is 7.34. The number of hydrogen-bond donors (Lipinski definition) is 3. The minimum Gasteiger partial charge on any atom is -0.477 e. The summed E-state index contributed by atoms with van der Waals surface area (Å²) in [7, 11) is 0. The van der Waals surface area contributed by atoms with Gasteiger partial charge in [-0.25, -0.2) is 9.89 Å². The maximum absolute atomic E-state index is 12.5. The highest BCUT2D eigenvalue weighted by Gasteiger charge is 2.54. The molecule has 0 saturated carbocycles. The number of carboxylic acid groups (broad SMARTS) is 1. The number of tetrazole rings is 1. The van der Waals surface area contributed by atoms with Gasteiger partial charge < -0.3 is 15.2 Å². The highest BCUT2D eigenvalue weighted by Crippen LogP contribution is 2.41. The van der Waals surface area contributed by atoms with Crippen molar-refractivity contribution in [1.82, 2.24) is 30.8 Å². The van der Waals surface area contributed by atoms with Gasteiger partial charge in [0.2, 0.25) is 5.91 Å². The molecule has 0 spiro atoms. The zero-order chi connectivity index (χ0) is 19.7. The topological polar surface area (TPSA) is 167 Å². The molecule has 3 rings (SSSR count). The average Bonchev–Trinajstić information content (AvgIpc) is 3.10. The quantitative estimate of drug-likeness (QED) is 0.377. The number of rotatable bonds is 6. The molecule has 2 unspecified atom stereocenters. The van der Waals surface area contributed by atoms with E-state index in [1.807, 2.05) is 0 Å². The number of thioether (sulfide) groups is 1. The maximum atomic E-state index is 12.5. The van der Waals surface area contributed by atoms with Crippen LogP contribution in [0.4, 0.5) is 0 Å². The van der Waals surface area contributed by atoms with E-state index in [0.717, 1.165) is 4.90 Å². The highest BCUT2D eigenvalue weighted by atomic mass is 32.2. The minimum absolute atomic E-state index is 0.134. The molecule has 3 atom stereocenters. The third-order valence-corrected chi connectivity index (χ3v) is 5.37. The Morgan fingerprint density at radius 3 is 2.81 bits per heavy atom. The van der Waals surface area contributed by atoms with Gasteiger partial charge in [0, 0.05) is 18.2 Å². The first kappa shape index (κ1) is 18.8. The van der Waals surface area contributed by atoms with Crippen LogP contribution in [0.1, 0.15) is 19.7 Å². The first-order valence-corrected chi connectivity index (χ1v) is 8.94. The van der Waals surface area contributed by atoms with Crippen molar-refractivity contribution in [2.75, 3.05) is 5.75 Å². The van der Waals surface area contributed by atoms with Crippen molar-refractivity contribution in [2.45, 2.75) is 37.8 Å². The predicted molar refractivity (Wildman–Crippen MR) is 88.8 cm³/mol. The summed E-state index contributed by atoms with van der Waals surface area (Å²) in [5.41, 5.74) is 0.132. The lowest BCUT2D eigenvalue weighted by molar-refractivity contribution is -0.151. The Bertz CT molecular complexity index is 824. The fourth-order valence-electron chi connectivity index (χ4n) is 2.90. The molecular formula is C14H16N6O6S. The Morgan fingerprint density at radius 2 is 2.22 bits per heavy atom. The van der Waals surface area contributed by atoms with E-state index < -0.39 is 41.3 Å². The largest absolute Gasteiger partial charge is 0.477 e. The Balaban J connectivity index is 1.74. The number of β-lactam (4-membered cyclic amide) rings is 1. The van der Waals surface area contributed by atoms with Gasteiger partial charge in [-0.1, -0.05) is 0 Å². The lowest BCUT2D eigenvalue weighted by atomic mass is 10.0. The van der Waals surface area contributed by atoms with Gasteiger partial charge in [-0.05, 0) is 17.4 Å². The van der Waals surface area contributed by atoms with Gasteiger partial charge in [0.1, 0.15) is 23.2 Å². The molecule has 1 saturated heterocycles. The number of aromatic amines is 1. The molecule has 2 aliphatic rings. The summed E-state index contributed by atoms with van der Waals surface area (Å²) >= 11 is 1.29. The smallest absolute Gasteiger partial charge is 0.352 e. The van der Waals surface area contributed by atoms with Gasteiger partial charge >= 0.3 is 11.9 Å². The van der Waals surface area contributed by atoms with E-state index in [4.69, 9.17) is 4.74 Å². The number of aromatic nitrogens is 4. The van der Waals surface area contributed by atoms with Crippen LogP contribution < -0.4 is 5.32 Å². The Labute approximate surface area is 156 Å². The van der Waals surface area contributed by atoms with Gasteiger partial charge in [-0.2, -0.15) is 0 Å². The van der Waals surface area contributed by atoms with Crippen LogP contribution in [0.3, 0.4) is 0 Å². The number of amides is 2. The number of hydrogen-bond acceptors (Lipinski definition) is 9. The first-order valence-electron chi connectivity index (χ1n) is 7.89. The van der Waals surface area contributed by atoms with Crippen LogP contribution in [0.5, 0.6) is 0 Å². The van der Waals surface area contributed by atoms with E-state index in [1.54, 1.807) is 6.92 Å². The lowest BCUT2D eigenvalue weighted by Gasteiger charge is -2.49. The van der Waals surface area contributed by atoms with E-state index in [1.165, 1.54) is 18.7 Å². The summed E-state index contributed by atoms with van der Waals surface area (Å²) in [6.07, 6.45) is -0.910. The molecule has 1 aromatic heterocycles. The van der Waals surface area contributed by atoms with Gasteiger partial charge in [-0.15, -0.1) is 16.9 Å². The SMILES string of the molecule is CC(=O)OC(C)C1=C(C(=O)O)N2C(=O)C(NC(=O)Cc3nnn[nH]3)[C@@H]2SC1. The lowest BCUT2D eigenvalue weighted by Crippen LogP contribution is -2.70. The molecule has 27 heavy (non-hydrogen) atoms. The third-order valence-electron chi connectivity index (χ3n) is 4.07. The molecule has 0 radical (unpaired) electrons. The van der Waals surface area contributed by atoms with E-state index in [2.05, 4.69) is 25.9 Å². The summed E-state index contributed by atoms with van der Waals surface area (Å²) < 4.78 is 5.06. The van der Waals surface area contributed by atoms with Crippen LogP contribution >= 0.6 is 11.8 Å². The molecule has 12 nitrogen and oxygen atoms in total. The number of nitrogens with one attached hydrogen (secondary N) is 2. The van der Waals surface area contributed by atoms with Crippen molar-refractivity contribution in [3.05, 3.63) is 17.1 Å². The number of fused-ring (bicyclic) bond motifs is 1. The van der Waals surface area contributed by atoms with Gasteiger partial charge in [-0.3, -0.25) is 19.3 Å². The highest BCUT2D eigenvalue weighted by molar-refractivity contribution is 8.00. The standard InChI is InChI=1S/C14H16N6O6S/c1-5(26-6(2)21)7-4-27-13-10(12(23)20(13)11(7)14(24)25)15-9(22)3-8-16-18-19-17-8/h5,10,13H,3-4H2,1-2H3,(H,15,22)(H,24,25)(H,16,17,18,19)/t5?,10?,13-/m0/s1. The van der Waals surface area contributed by atoms with E-state index in [0.29, 0.717) is 5.57 Å². The number of carbonyl (C=O) groups is 4. The molecular weight excluding hydrogens is 380 g/mol. The Hall–Kier alpha value is -2.96. The molecule has 0 bridgehead atoms. The van der Waals surface area contributed by atoms with Crippen LogP contribution in [0, 0.1) is 0 Å². The van der Waals surface area contributed by atoms with Crippen molar-refractivity contribution in [2.24, 2.45) is 0 Å². The molecule has 1 aromatic rings. The molecule has 3 N–H and O–H groups in total. The number of H-pyrrole nitrogens is 1. The summed E-state index contributed by atoms with van der Waals surface area (Å²) in [6, 6.07) is -0.849. The van der Waals surface area contributed by atoms with Crippen LogP contribution in [-0.2, 0) is 30.3 Å². The molecule has 13 heteroatoms. The van der Waals surface area contributed by atoms with Crippen LogP contribution in [0.15, 0.2) is 11.3 Å². The molecule has 0 aliphatic carbocycles. The van der Waals surface area contributed by atoms with Crippen LogP contribution in [-0.4, -0.2) is 77.7 Å².